The lowest BCUT2D eigenvalue weighted by Gasteiger charge is -2.12. The van der Waals surface area contributed by atoms with Crippen LogP contribution in [-0.4, -0.2) is 20.0 Å². The molecule has 1 aromatic heterocycles. The Morgan fingerprint density at radius 3 is 2.50 bits per heavy atom. The average molecular weight is 185 g/mol. The highest BCUT2D eigenvalue weighted by Gasteiger charge is 2.12. The van der Waals surface area contributed by atoms with Crippen molar-refractivity contribution in [1.29, 1.82) is 0 Å². The van der Waals surface area contributed by atoms with Crippen LogP contribution in [0.2, 0.25) is 0 Å². The first kappa shape index (κ1) is 9.58. The summed E-state index contributed by atoms with van der Waals surface area (Å²) in [6, 6.07) is 0. The minimum atomic E-state index is 0.428. The molecule has 1 rings (SSSR count). The van der Waals surface area contributed by atoms with Crippen molar-refractivity contribution in [3.05, 3.63) is 12.2 Å². The molecule has 0 saturated carbocycles. The molecule has 0 aliphatic heterocycles. The van der Waals surface area contributed by atoms with E-state index in [9.17, 15) is 0 Å². The van der Waals surface area contributed by atoms with Crippen molar-refractivity contribution in [2.75, 3.05) is 0 Å². The third kappa shape index (κ3) is 2.24. The van der Waals surface area contributed by atoms with E-state index in [1.165, 1.54) is 0 Å². The van der Waals surface area contributed by atoms with Crippen LogP contribution in [0.15, 0.2) is 6.33 Å². The van der Waals surface area contributed by atoms with Crippen molar-refractivity contribution in [3.63, 3.8) is 0 Å². The van der Waals surface area contributed by atoms with Crippen molar-refractivity contribution < 1.29 is 0 Å². The minimum Gasteiger partial charge on any atom is -0.320 e. The summed E-state index contributed by atoms with van der Waals surface area (Å²) >= 11 is 1.90. The molecule has 1 aromatic rings. The van der Waals surface area contributed by atoms with Gasteiger partial charge in [-0.3, -0.25) is 0 Å². The lowest BCUT2D eigenvalue weighted by molar-refractivity contribution is 0.794. The van der Waals surface area contributed by atoms with Crippen LogP contribution in [0.5, 0.6) is 0 Å². The zero-order valence-electron chi connectivity index (χ0n) is 7.98. The Balaban J connectivity index is 2.65. The Hall–Kier alpha value is -0.510. The Morgan fingerprint density at radius 1 is 1.42 bits per heavy atom. The second-order valence-corrected chi connectivity index (χ2v) is 5.05. The number of aryl methyl sites for hydroxylation is 1. The van der Waals surface area contributed by atoms with E-state index < -0.39 is 0 Å². The van der Waals surface area contributed by atoms with E-state index in [1.807, 2.05) is 23.4 Å². The molecule has 68 valence electrons. The van der Waals surface area contributed by atoms with Gasteiger partial charge in [-0.15, -0.1) is 22.0 Å². The van der Waals surface area contributed by atoms with Crippen LogP contribution >= 0.6 is 11.8 Å². The largest absolute Gasteiger partial charge is 0.320 e. The summed E-state index contributed by atoms with van der Waals surface area (Å²) in [6.45, 7) is 6.55. The standard InChI is InChI=1S/C8H15N3S/c1-6(2)12-7(3)8-10-9-5-11(8)4/h5-7H,1-4H3. The molecule has 0 bridgehead atoms. The van der Waals surface area contributed by atoms with Crippen LogP contribution in [0.4, 0.5) is 0 Å². The maximum absolute atomic E-state index is 4.06. The summed E-state index contributed by atoms with van der Waals surface area (Å²) < 4.78 is 1.97. The van der Waals surface area contributed by atoms with Gasteiger partial charge in [-0.1, -0.05) is 13.8 Å². The van der Waals surface area contributed by atoms with Gasteiger partial charge in [0.2, 0.25) is 0 Å². The van der Waals surface area contributed by atoms with Crippen LogP contribution < -0.4 is 0 Å². The predicted octanol–water partition coefficient (Wildman–Crippen LogP) is 2.02. The first-order chi connectivity index (χ1) is 5.61. The summed E-state index contributed by atoms with van der Waals surface area (Å²) in [4.78, 5) is 0. The predicted molar refractivity (Wildman–Crippen MR) is 52.1 cm³/mol. The van der Waals surface area contributed by atoms with Crippen molar-refractivity contribution in [2.24, 2.45) is 7.05 Å². The van der Waals surface area contributed by atoms with E-state index in [4.69, 9.17) is 0 Å². The molecule has 0 N–H and O–H groups in total. The molecule has 12 heavy (non-hydrogen) atoms. The highest BCUT2D eigenvalue weighted by Crippen LogP contribution is 2.29. The highest BCUT2D eigenvalue weighted by atomic mass is 32.2. The molecular formula is C8H15N3S. The smallest absolute Gasteiger partial charge is 0.145 e. The second kappa shape index (κ2) is 3.94. The van der Waals surface area contributed by atoms with E-state index >= 15 is 0 Å². The van der Waals surface area contributed by atoms with Crippen LogP contribution in [0, 0.1) is 0 Å². The van der Waals surface area contributed by atoms with E-state index in [1.54, 1.807) is 6.33 Å². The number of nitrogens with zero attached hydrogens (tertiary/aromatic N) is 3. The molecule has 0 radical (unpaired) electrons. The SMILES string of the molecule is CC(C)SC(C)c1nncn1C. The fraction of sp³-hybridized carbons (Fsp3) is 0.750. The Kier molecular flexibility index (Phi) is 3.14. The monoisotopic (exact) mass is 185 g/mol. The maximum Gasteiger partial charge on any atom is 0.145 e. The average Bonchev–Trinajstić information content (AvgIpc) is 2.33. The van der Waals surface area contributed by atoms with Gasteiger partial charge in [-0.25, -0.2) is 0 Å². The van der Waals surface area contributed by atoms with E-state index in [0.717, 1.165) is 5.82 Å². The fourth-order valence-corrected chi connectivity index (χ4v) is 2.28. The van der Waals surface area contributed by atoms with E-state index in [0.29, 0.717) is 10.5 Å². The number of hydrogen-bond acceptors (Lipinski definition) is 3. The quantitative estimate of drug-likeness (QED) is 0.721. The molecule has 0 aromatic carbocycles. The Morgan fingerprint density at radius 2 is 2.08 bits per heavy atom. The third-order valence-electron chi connectivity index (χ3n) is 1.59. The lowest BCUT2D eigenvalue weighted by Crippen LogP contribution is -2.02. The molecule has 1 atom stereocenters. The van der Waals surface area contributed by atoms with Crippen LogP contribution in [0.25, 0.3) is 0 Å². The van der Waals surface area contributed by atoms with Gasteiger partial charge in [0.1, 0.15) is 12.2 Å². The highest BCUT2D eigenvalue weighted by molar-refractivity contribution is 8.00. The van der Waals surface area contributed by atoms with Gasteiger partial charge in [0.25, 0.3) is 0 Å². The van der Waals surface area contributed by atoms with Gasteiger partial charge in [-0.2, -0.15) is 0 Å². The zero-order valence-corrected chi connectivity index (χ0v) is 8.80. The van der Waals surface area contributed by atoms with Gasteiger partial charge < -0.3 is 4.57 Å². The van der Waals surface area contributed by atoms with Gasteiger partial charge in [0, 0.05) is 7.05 Å². The zero-order chi connectivity index (χ0) is 9.14. The van der Waals surface area contributed by atoms with Gasteiger partial charge >= 0.3 is 0 Å². The van der Waals surface area contributed by atoms with Gasteiger partial charge in [-0.05, 0) is 12.2 Å². The molecule has 4 heteroatoms. The molecule has 0 spiro atoms. The van der Waals surface area contributed by atoms with Crippen LogP contribution in [0.3, 0.4) is 0 Å². The van der Waals surface area contributed by atoms with Crippen molar-refractivity contribution in [1.82, 2.24) is 14.8 Å². The summed E-state index contributed by atoms with van der Waals surface area (Å²) in [7, 11) is 1.98. The minimum absolute atomic E-state index is 0.428. The van der Waals surface area contributed by atoms with Crippen LogP contribution in [0.1, 0.15) is 31.8 Å². The van der Waals surface area contributed by atoms with E-state index in [2.05, 4.69) is 31.0 Å². The lowest BCUT2D eigenvalue weighted by atomic mass is 10.4. The normalized spacial score (nSPS) is 13.8. The third-order valence-corrected chi connectivity index (χ3v) is 2.75. The van der Waals surface area contributed by atoms with Crippen molar-refractivity contribution >= 4 is 11.8 Å². The summed E-state index contributed by atoms with van der Waals surface area (Å²) in [5.41, 5.74) is 0. The Labute approximate surface area is 77.6 Å². The molecule has 0 amide bonds. The molecule has 0 saturated heterocycles. The topological polar surface area (TPSA) is 30.7 Å². The fourth-order valence-electron chi connectivity index (χ4n) is 1.13. The summed E-state index contributed by atoms with van der Waals surface area (Å²) in [5, 5.41) is 8.97. The number of thioether (sulfide) groups is 1. The molecule has 0 fully saturated rings. The molecule has 0 aliphatic carbocycles. The number of aromatic nitrogens is 3. The molecule has 1 unspecified atom stereocenters. The number of rotatable bonds is 3. The van der Waals surface area contributed by atoms with E-state index in [-0.39, 0.29) is 0 Å². The van der Waals surface area contributed by atoms with Crippen LogP contribution in [-0.2, 0) is 7.05 Å². The molecule has 3 nitrogen and oxygen atoms in total. The molecule has 0 aliphatic rings. The first-order valence-electron chi connectivity index (χ1n) is 4.10. The van der Waals surface area contributed by atoms with Gasteiger partial charge in [0.15, 0.2) is 0 Å². The molecular weight excluding hydrogens is 170 g/mol. The van der Waals surface area contributed by atoms with Gasteiger partial charge in [0.05, 0.1) is 5.25 Å². The summed E-state index contributed by atoms with van der Waals surface area (Å²) in [5.74, 6) is 1.05. The summed E-state index contributed by atoms with van der Waals surface area (Å²) in [6.07, 6.45) is 1.74. The van der Waals surface area contributed by atoms with Crippen molar-refractivity contribution in [2.45, 2.75) is 31.3 Å². The van der Waals surface area contributed by atoms with Crippen molar-refractivity contribution in [3.8, 4) is 0 Å². The molecule has 1 heterocycles. The number of hydrogen-bond donors (Lipinski definition) is 0. The Bertz CT molecular complexity index is 244. The maximum atomic E-state index is 4.06. The first-order valence-corrected chi connectivity index (χ1v) is 5.05. The second-order valence-electron chi connectivity index (χ2n) is 3.13.